The molecule has 1 aliphatic heterocycles. The molecule has 4 heteroatoms. The van der Waals surface area contributed by atoms with Crippen molar-refractivity contribution in [1.82, 2.24) is 10.2 Å². The number of amides is 2. The molecule has 2 aliphatic rings. The van der Waals surface area contributed by atoms with Crippen LogP contribution in [0.1, 0.15) is 39.0 Å². The molecule has 0 aromatic carbocycles. The number of rotatable bonds is 2. The predicted molar refractivity (Wildman–Crippen MR) is 64.0 cm³/mol. The van der Waals surface area contributed by atoms with E-state index in [0.717, 1.165) is 25.7 Å². The lowest BCUT2D eigenvalue weighted by molar-refractivity contribution is -0.149. The van der Waals surface area contributed by atoms with Crippen molar-refractivity contribution in [1.29, 1.82) is 0 Å². The molecule has 2 fully saturated rings. The van der Waals surface area contributed by atoms with Gasteiger partial charge in [-0.25, -0.2) is 0 Å². The monoisotopic (exact) mass is 234 g/mol. The third-order valence-corrected chi connectivity index (χ3v) is 3.55. The van der Waals surface area contributed by atoms with Crippen molar-refractivity contribution in [3.8, 4) is 11.8 Å². The van der Waals surface area contributed by atoms with Crippen molar-refractivity contribution in [2.24, 2.45) is 0 Å². The zero-order chi connectivity index (χ0) is 12.3. The summed E-state index contributed by atoms with van der Waals surface area (Å²) in [7, 11) is 0. The van der Waals surface area contributed by atoms with E-state index in [2.05, 4.69) is 17.2 Å². The van der Waals surface area contributed by atoms with Crippen LogP contribution < -0.4 is 5.32 Å². The van der Waals surface area contributed by atoms with E-state index in [-0.39, 0.29) is 18.4 Å². The first-order valence-corrected chi connectivity index (χ1v) is 6.18. The van der Waals surface area contributed by atoms with Crippen molar-refractivity contribution in [2.45, 2.75) is 44.6 Å². The second-order valence-electron chi connectivity index (χ2n) is 4.74. The summed E-state index contributed by atoms with van der Waals surface area (Å²) in [5.74, 6) is 5.80. The van der Waals surface area contributed by atoms with Crippen LogP contribution in [-0.4, -0.2) is 35.3 Å². The molecule has 1 saturated carbocycles. The van der Waals surface area contributed by atoms with E-state index in [1.54, 1.807) is 11.8 Å². The van der Waals surface area contributed by atoms with Gasteiger partial charge in [0, 0.05) is 13.0 Å². The van der Waals surface area contributed by atoms with Crippen molar-refractivity contribution in [3.05, 3.63) is 0 Å². The van der Waals surface area contributed by atoms with Crippen LogP contribution in [0.2, 0.25) is 0 Å². The van der Waals surface area contributed by atoms with Crippen LogP contribution in [0.15, 0.2) is 0 Å². The zero-order valence-electron chi connectivity index (χ0n) is 10.2. The summed E-state index contributed by atoms with van der Waals surface area (Å²) < 4.78 is 0. The standard InChI is InChI=1S/C13H18N2O2/c1-2-3-6-9-15-10-11(16)14-13(12(15)17)7-4-5-8-13/h4-10H2,1H3,(H,14,16). The lowest BCUT2D eigenvalue weighted by Gasteiger charge is -2.39. The van der Waals surface area contributed by atoms with Gasteiger partial charge >= 0.3 is 0 Å². The third kappa shape index (κ3) is 2.28. The molecule has 0 radical (unpaired) electrons. The largest absolute Gasteiger partial charge is 0.340 e. The molecule has 0 aromatic heterocycles. The van der Waals surface area contributed by atoms with Crippen LogP contribution in [-0.2, 0) is 9.59 Å². The maximum atomic E-state index is 12.4. The van der Waals surface area contributed by atoms with E-state index in [0.29, 0.717) is 13.0 Å². The molecule has 0 aromatic rings. The number of nitrogens with zero attached hydrogens (tertiary/aromatic N) is 1. The highest BCUT2D eigenvalue weighted by Crippen LogP contribution is 2.33. The molecule has 1 saturated heterocycles. The normalized spacial score (nSPS) is 22.3. The number of hydrogen-bond donors (Lipinski definition) is 1. The summed E-state index contributed by atoms with van der Waals surface area (Å²) in [4.78, 5) is 25.7. The van der Waals surface area contributed by atoms with Crippen LogP contribution in [0, 0.1) is 11.8 Å². The van der Waals surface area contributed by atoms with Crippen LogP contribution in [0.25, 0.3) is 0 Å². The van der Waals surface area contributed by atoms with Crippen LogP contribution >= 0.6 is 0 Å². The quantitative estimate of drug-likeness (QED) is 0.714. The molecule has 0 unspecified atom stereocenters. The van der Waals surface area contributed by atoms with E-state index >= 15 is 0 Å². The molecule has 1 N–H and O–H groups in total. The van der Waals surface area contributed by atoms with Gasteiger partial charge in [0.2, 0.25) is 11.8 Å². The van der Waals surface area contributed by atoms with Gasteiger partial charge in [-0.3, -0.25) is 9.59 Å². The molecule has 4 nitrogen and oxygen atoms in total. The van der Waals surface area contributed by atoms with Gasteiger partial charge < -0.3 is 10.2 Å². The zero-order valence-corrected chi connectivity index (χ0v) is 10.2. The minimum atomic E-state index is -0.588. The van der Waals surface area contributed by atoms with E-state index in [4.69, 9.17) is 0 Å². The summed E-state index contributed by atoms with van der Waals surface area (Å²) in [6, 6.07) is 0. The number of piperazine rings is 1. The summed E-state index contributed by atoms with van der Waals surface area (Å²) in [5, 5.41) is 2.90. The third-order valence-electron chi connectivity index (χ3n) is 3.55. The molecule has 1 heterocycles. The number of hydrogen-bond acceptors (Lipinski definition) is 2. The Bertz CT molecular complexity index is 386. The highest BCUT2D eigenvalue weighted by molar-refractivity contribution is 5.98. The first-order chi connectivity index (χ1) is 8.18. The maximum absolute atomic E-state index is 12.4. The van der Waals surface area contributed by atoms with Crippen molar-refractivity contribution >= 4 is 11.8 Å². The topological polar surface area (TPSA) is 49.4 Å². The molecule has 0 atom stereocenters. The summed E-state index contributed by atoms with van der Waals surface area (Å²) in [6.07, 6.45) is 4.26. The van der Waals surface area contributed by atoms with E-state index < -0.39 is 5.54 Å². The molecule has 0 bridgehead atoms. The highest BCUT2D eigenvalue weighted by atomic mass is 16.2. The lowest BCUT2D eigenvalue weighted by Crippen LogP contribution is -2.65. The second-order valence-corrected chi connectivity index (χ2v) is 4.74. The second kappa shape index (κ2) is 4.79. The number of nitrogens with one attached hydrogen (secondary N) is 1. The predicted octanol–water partition coefficient (Wildman–Crippen LogP) is 0.671. The Balaban J connectivity index is 2.08. The minimum Gasteiger partial charge on any atom is -0.340 e. The molecule has 2 amide bonds. The molecule has 92 valence electrons. The van der Waals surface area contributed by atoms with E-state index in [9.17, 15) is 9.59 Å². The van der Waals surface area contributed by atoms with Gasteiger partial charge in [-0.2, -0.15) is 0 Å². The fraction of sp³-hybridized carbons (Fsp3) is 0.692. The summed E-state index contributed by atoms with van der Waals surface area (Å²) in [5.41, 5.74) is -0.588. The first kappa shape index (κ1) is 12.0. The van der Waals surface area contributed by atoms with Crippen molar-refractivity contribution in [2.75, 3.05) is 13.1 Å². The van der Waals surface area contributed by atoms with Crippen molar-refractivity contribution in [3.63, 3.8) is 0 Å². The Labute approximate surface area is 102 Å². The SMILES string of the molecule is CC#CCCN1CC(=O)NC2(CCCC2)C1=O. The fourth-order valence-electron chi connectivity index (χ4n) is 2.72. The Morgan fingerprint density at radius 2 is 2.06 bits per heavy atom. The maximum Gasteiger partial charge on any atom is 0.248 e. The van der Waals surface area contributed by atoms with Gasteiger partial charge in [0.1, 0.15) is 5.54 Å². The molecule has 17 heavy (non-hydrogen) atoms. The Morgan fingerprint density at radius 3 is 2.71 bits per heavy atom. The summed E-state index contributed by atoms with van der Waals surface area (Å²) >= 11 is 0. The molecule has 2 rings (SSSR count). The molecule has 1 aliphatic carbocycles. The average molecular weight is 234 g/mol. The van der Waals surface area contributed by atoms with Crippen LogP contribution in [0.4, 0.5) is 0 Å². The molecular formula is C13H18N2O2. The van der Waals surface area contributed by atoms with Gasteiger partial charge in [0.05, 0.1) is 6.54 Å². The lowest BCUT2D eigenvalue weighted by atomic mass is 9.93. The van der Waals surface area contributed by atoms with Gasteiger partial charge in [-0.05, 0) is 19.8 Å². The van der Waals surface area contributed by atoms with E-state index in [1.165, 1.54) is 0 Å². The Hall–Kier alpha value is -1.50. The Kier molecular flexibility index (Phi) is 3.37. The Morgan fingerprint density at radius 1 is 1.35 bits per heavy atom. The number of carbonyl (C=O) groups is 2. The van der Waals surface area contributed by atoms with Crippen molar-refractivity contribution < 1.29 is 9.59 Å². The average Bonchev–Trinajstić information content (AvgIpc) is 2.75. The number of carbonyl (C=O) groups excluding carboxylic acids is 2. The van der Waals surface area contributed by atoms with Gasteiger partial charge in [-0.15, -0.1) is 11.8 Å². The van der Waals surface area contributed by atoms with Gasteiger partial charge in [-0.1, -0.05) is 12.8 Å². The molecule has 1 spiro atoms. The minimum absolute atomic E-state index is 0.0315. The molecular weight excluding hydrogens is 216 g/mol. The first-order valence-electron chi connectivity index (χ1n) is 6.18. The highest BCUT2D eigenvalue weighted by Gasteiger charge is 2.47. The van der Waals surface area contributed by atoms with Crippen LogP contribution in [0.5, 0.6) is 0 Å². The van der Waals surface area contributed by atoms with Gasteiger partial charge in [0.15, 0.2) is 0 Å². The van der Waals surface area contributed by atoms with E-state index in [1.807, 2.05) is 0 Å². The smallest absolute Gasteiger partial charge is 0.248 e. The van der Waals surface area contributed by atoms with Crippen LogP contribution in [0.3, 0.4) is 0 Å². The van der Waals surface area contributed by atoms with Gasteiger partial charge in [0.25, 0.3) is 0 Å². The fourth-order valence-corrected chi connectivity index (χ4v) is 2.72. The summed E-state index contributed by atoms with van der Waals surface area (Å²) in [6.45, 7) is 2.53.